The lowest BCUT2D eigenvalue weighted by molar-refractivity contribution is -0.104. The number of likely N-dealkylation sites (tertiary alicyclic amines) is 3. The molecule has 3 saturated heterocycles. The molecule has 0 amide bonds. The van der Waals surface area contributed by atoms with Crippen LogP contribution in [0.3, 0.4) is 0 Å². The van der Waals surface area contributed by atoms with Crippen LogP contribution in [-0.2, 0) is 0 Å². The molecule has 0 bridgehead atoms. The van der Waals surface area contributed by atoms with Gasteiger partial charge in [0, 0.05) is 44.8 Å². The van der Waals surface area contributed by atoms with Crippen molar-refractivity contribution in [1.82, 2.24) is 14.7 Å². The predicted molar refractivity (Wildman–Crippen MR) is 122 cm³/mol. The lowest BCUT2D eigenvalue weighted by Gasteiger charge is -2.60. The first-order valence-corrected chi connectivity index (χ1v) is 13.0. The second kappa shape index (κ2) is 7.48. The van der Waals surface area contributed by atoms with E-state index >= 15 is 0 Å². The van der Waals surface area contributed by atoms with Crippen LogP contribution in [-0.4, -0.2) is 72.6 Å². The Morgan fingerprint density at radius 2 is 1.34 bits per heavy atom. The van der Waals surface area contributed by atoms with Gasteiger partial charge in [0.1, 0.15) is 0 Å². The fourth-order valence-electron chi connectivity index (χ4n) is 7.76. The predicted octanol–water partition coefficient (Wildman–Crippen LogP) is 4.86. The van der Waals surface area contributed by atoms with Crippen molar-refractivity contribution >= 4 is 0 Å². The molecule has 5 aliphatic rings. The van der Waals surface area contributed by atoms with Crippen molar-refractivity contribution in [3.63, 3.8) is 0 Å². The minimum absolute atomic E-state index is 0.697. The van der Waals surface area contributed by atoms with Gasteiger partial charge in [-0.05, 0) is 107 Å². The molecule has 5 rings (SSSR count). The van der Waals surface area contributed by atoms with Crippen molar-refractivity contribution in [3.8, 4) is 0 Å². The van der Waals surface area contributed by atoms with E-state index in [1.165, 1.54) is 104 Å². The lowest BCUT2D eigenvalue weighted by Crippen LogP contribution is -2.65. The van der Waals surface area contributed by atoms with Crippen molar-refractivity contribution in [2.45, 2.75) is 97.6 Å². The molecular formula is C26H47N3. The van der Waals surface area contributed by atoms with E-state index in [0.717, 1.165) is 28.8 Å². The van der Waals surface area contributed by atoms with Crippen LogP contribution in [0.5, 0.6) is 0 Å². The summed E-state index contributed by atoms with van der Waals surface area (Å²) in [6.07, 6.45) is 13.4. The Balaban J connectivity index is 1.03. The summed E-state index contributed by atoms with van der Waals surface area (Å²) >= 11 is 0. The molecule has 0 aromatic heterocycles. The first-order valence-electron chi connectivity index (χ1n) is 13.0. The summed E-state index contributed by atoms with van der Waals surface area (Å²) in [5.41, 5.74) is 2.14. The van der Waals surface area contributed by atoms with Crippen LogP contribution in [0.25, 0.3) is 0 Å². The summed E-state index contributed by atoms with van der Waals surface area (Å²) in [4.78, 5) is 8.40. The molecule has 0 atom stereocenters. The van der Waals surface area contributed by atoms with Crippen molar-refractivity contribution in [2.75, 3.05) is 45.8 Å². The largest absolute Gasteiger partial charge is 0.302 e. The van der Waals surface area contributed by atoms with E-state index in [4.69, 9.17) is 0 Å². The Hall–Kier alpha value is -0.120. The first-order chi connectivity index (χ1) is 13.8. The van der Waals surface area contributed by atoms with E-state index in [1.54, 1.807) is 0 Å². The highest BCUT2D eigenvalue weighted by atomic mass is 15.3. The molecule has 2 spiro atoms. The number of piperidine rings is 1. The third kappa shape index (κ3) is 4.17. The molecule has 3 aliphatic heterocycles. The number of hydrogen-bond donors (Lipinski definition) is 0. The van der Waals surface area contributed by atoms with E-state index in [2.05, 4.69) is 42.4 Å². The van der Waals surface area contributed by atoms with Crippen LogP contribution < -0.4 is 0 Å². The van der Waals surface area contributed by atoms with Gasteiger partial charge in [0.2, 0.25) is 0 Å². The summed E-state index contributed by atoms with van der Waals surface area (Å²) in [5.74, 6) is 0.876. The average Bonchev–Trinajstić information content (AvgIpc) is 3.37. The highest BCUT2D eigenvalue weighted by Gasteiger charge is 2.53. The van der Waals surface area contributed by atoms with Crippen LogP contribution in [0, 0.1) is 22.2 Å². The monoisotopic (exact) mass is 401 g/mol. The van der Waals surface area contributed by atoms with Gasteiger partial charge in [0.25, 0.3) is 0 Å². The van der Waals surface area contributed by atoms with Crippen LogP contribution in [0.4, 0.5) is 0 Å². The maximum absolute atomic E-state index is 2.89. The zero-order valence-corrected chi connectivity index (χ0v) is 19.9. The maximum atomic E-state index is 2.89. The molecule has 3 nitrogen and oxygen atoms in total. The molecule has 5 fully saturated rings. The lowest BCUT2D eigenvalue weighted by atomic mass is 9.65. The van der Waals surface area contributed by atoms with Crippen LogP contribution in [0.1, 0.15) is 85.5 Å². The molecule has 2 saturated carbocycles. The van der Waals surface area contributed by atoms with Crippen LogP contribution >= 0.6 is 0 Å². The second-order valence-electron chi connectivity index (χ2n) is 13.0. The molecule has 0 N–H and O–H groups in total. The highest BCUT2D eigenvalue weighted by molar-refractivity contribution is 5.06. The van der Waals surface area contributed by atoms with E-state index < -0.39 is 0 Å². The third-order valence-electron chi connectivity index (χ3n) is 9.67. The summed E-state index contributed by atoms with van der Waals surface area (Å²) in [5, 5.41) is 0. The van der Waals surface area contributed by atoms with Gasteiger partial charge in [-0.1, -0.05) is 13.8 Å². The fraction of sp³-hybridized carbons (Fsp3) is 1.00. The van der Waals surface area contributed by atoms with Gasteiger partial charge in [0.15, 0.2) is 0 Å². The van der Waals surface area contributed by atoms with Gasteiger partial charge in [-0.15, -0.1) is 0 Å². The van der Waals surface area contributed by atoms with Gasteiger partial charge in [-0.3, -0.25) is 4.90 Å². The Morgan fingerprint density at radius 3 is 1.86 bits per heavy atom. The second-order valence-corrected chi connectivity index (χ2v) is 13.0. The summed E-state index contributed by atoms with van der Waals surface area (Å²) in [6.45, 7) is 19.3. The zero-order chi connectivity index (χ0) is 20.3. The zero-order valence-electron chi connectivity index (χ0n) is 19.9. The van der Waals surface area contributed by atoms with Crippen LogP contribution in [0.15, 0.2) is 0 Å². The Kier molecular flexibility index (Phi) is 5.36. The third-order valence-corrected chi connectivity index (χ3v) is 9.67. The Bertz CT molecular complexity index is 561. The van der Waals surface area contributed by atoms with Gasteiger partial charge >= 0.3 is 0 Å². The van der Waals surface area contributed by atoms with Gasteiger partial charge < -0.3 is 9.80 Å². The van der Waals surface area contributed by atoms with Crippen molar-refractivity contribution in [2.24, 2.45) is 22.2 Å². The molecular weight excluding hydrogens is 354 g/mol. The number of hydrogen-bond acceptors (Lipinski definition) is 3. The van der Waals surface area contributed by atoms with Crippen LogP contribution in [0.2, 0.25) is 0 Å². The highest BCUT2D eigenvalue weighted by Crippen LogP contribution is 2.54. The molecule has 3 heterocycles. The summed E-state index contributed by atoms with van der Waals surface area (Å²) < 4.78 is 0. The minimum Gasteiger partial charge on any atom is -0.302 e. The molecule has 0 radical (unpaired) electrons. The number of nitrogens with zero attached hydrogens (tertiary/aromatic N) is 3. The smallest absolute Gasteiger partial charge is 0.00961 e. The van der Waals surface area contributed by atoms with Crippen molar-refractivity contribution in [3.05, 3.63) is 0 Å². The fourth-order valence-corrected chi connectivity index (χ4v) is 7.76. The maximum Gasteiger partial charge on any atom is 0.00961 e. The topological polar surface area (TPSA) is 9.72 Å². The summed E-state index contributed by atoms with van der Waals surface area (Å²) in [7, 11) is 0. The first kappa shape index (κ1) is 20.8. The molecule has 29 heavy (non-hydrogen) atoms. The molecule has 3 heteroatoms. The van der Waals surface area contributed by atoms with Gasteiger partial charge in [0.05, 0.1) is 0 Å². The van der Waals surface area contributed by atoms with Gasteiger partial charge in [-0.2, -0.15) is 0 Å². The standard InChI is InChI=1S/C26H47N3/c1-21(2)15-24(9-10-24)16-27-17-25(18-27)7-5-23(6-8-25)29-19-26(20-29)11-13-28(14-12-26)22(3)4/h21-23H,5-20H2,1-4H3. The quantitative estimate of drug-likeness (QED) is 0.629. The van der Waals surface area contributed by atoms with Crippen molar-refractivity contribution < 1.29 is 0 Å². The van der Waals surface area contributed by atoms with E-state index in [0.29, 0.717) is 5.41 Å². The molecule has 2 aliphatic carbocycles. The number of rotatable bonds is 6. The molecule has 0 aromatic rings. The normalized spacial score (nSPS) is 32.1. The molecule has 0 aromatic carbocycles. The summed E-state index contributed by atoms with van der Waals surface area (Å²) in [6, 6.07) is 1.65. The van der Waals surface area contributed by atoms with Gasteiger partial charge in [-0.25, -0.2) is 0 Å². The Labute approximate surface area is 180 Å². The SMILES string of the molecule is CC(C)CC1(CN2CC3(CCC(N4CC5(CCN(C(C)C)CC5)C4)CC3)C2)CC1. The van der Waals surface area contributed by atoms with E-state index in [1.807, 2.05) is 0 Å². The molecule has 0 unspecified atom stereocenters. The van der Waals surface area contributed by atoms with E-state index in [-0.39, 0.29) is 0 Å². The molecule has 166 valence electrons. The average molecular weight is 402 g/mol. The van der Waals surface area contributed by atoms with Crippen molar-refractivity contribution in [1.29, 1.82) is 0 Å². The Morgan fingerprint density at radius 1 is 0.759 bits per heavy atom. The van der Waals surface area contributed by atoms with E-state index in [9.17, 15) is 0 Å². The minimum atomic E-state index is 0.697.